The zero-order valence-electron chi connectivity index (χ0n) is 59.6. The molecule has 0 aliphatic carbocycles. The molecular weight excluding hydrogens is 1360 g/mol. The molecule has 8 aromatic rings. The minimum Gasteiger partial charge on any atom is -1.00 e. The number of amides is 4. The van der Waals surface area contributed by atoms with Gasteiger partial charge in [-0.15, -0.1) is 0 Å². The van der Waals surface area contributed by atoms with Gasteiger partial charge in [-0.25, -0.2) is 29.4 Å². The maximum atomic E-state index is 13.8. The Labute approximate surface area is 671 Å². The van der Waals surface area contributed by atoms with E-state index in [0.29, 0.717) is 28.3 Å². The van der Waals surface area contributed by atoms with Crippen LogP contribution in [-0.4, -0.2) is 131 Å². The number of nitrogens with one attached hydrogen (secondary N) is 3. The van der Waals surface area contributed by atoms with Crippen LogP contribution >= 0.6 is 0 Å². The Balaban J connectivity index is 0.000000531. The molecule has 10 rings (SSSR count). The number of anilines is 6. The first-order chi connectivity index (χ1) is 46.8. The molecule has 3 unspecified atom stereocenters. The van der Waals surface area contributed by atoms with Gasteiger partial charge in [0, 0.05) is 51.6 Å². The maximum absolute atomic E-state index is 13.8. The van der Waals surface area contributed by atoms with E-state index < -0.39 is 54.8 Å². The Hall–Kier alpha value is -7.55. The van der Waals surface area contributed by atoms with E-state index in [1.54, 1.807) is 80.8 Å². The van der Waals surface area contributed by atoms with Gasteiger partial charge in [0.05, 0.1) is 47.6 Å². The van der Waals surface area contributed by atoms with Gasteiger partial charge in [-0.05, 0) is 60.4 Å². The van der Waals surface area contributed by atoms with E-state index in [0.717, 1.165) is 7.11 Å². The molecular formula is C69H86K2N12O18. The van der Waals surface area contributed by atoms with Crippen LogP contribution in [0.5, 0.6) is 11.8 Å². The number of carbonyl (C=O) groups excluding carboxylic acids is 8. The standard InChI is InChI=1S/C32H36N6O6.C22H20N6O3.C12H20O5.CH2O3.CH4O.CH4.2K.H/c1-18(2)25-20(5)26(42-21(6)39)30(43-25)37-17-33-24-27(37)34-31(35-28(40)19(3)4)36-29(24)44-32(41)38(22-13-9-7-10-14-22)23-15-11-8-12-16-23;1-14(2)19(29)26-21-25-18-17(23-13-24-18)20(27-21)31-22(30)28(15-9-5-3-6-10-15)16-11-7-4-8-12-16;1-6(2)10-7(3)11(15-8(4)13)12(17-10)16-9(5)14;2-1-4-3;1-2;;;;/h7-20,25-26,30H,1-6H3,(H,34,35,36,40);3-14H,1-2H3,(H2,23,24,25,26,27,29);6-7,10-12H,1-5H3;1,3H;2H,1H3;1H4;;;/q;;;;;;2*+1;-1/p-1/t20-,25+,26?,30+;;7-,10+,11?,12?;;;;;;/m0.0....../s1. The molecule has 4 aromatic heterocycles. The molecule has 532 valence electrons. The van der Waals surface area contributed by atoms with E-state index in [1.165, 1.54) is 43.2 Å². The fraction of sp³-hybridized carbons (Fsp3) is 0.391. The first-order valence-corrected chi connectivity index (χ1v) is 31.1. The number of rotatable bonds is 17. The van der Waals surface area contributed by atoms with Gasteiger partial charge in [-0.3, -0.25) is 44.0 Å². The van der Waals surface area contributed by atoms with E-state index in [9.17, 15) is 33.6 Å². The van der Waals surface area contributed by atoms with Crippen LogP contribution in [0.3, 0.4) is 0 Å². The molecule has 8 atom stereocenters. The van der Waals surface area contributed by atoms with Crippen LogP contribution in [-0.2, 0) is 57.3 Å². The summed E-state index contributed by atoms with van der Waals surface area (Å²) in [5, 5.41) is 20.7. The molecule has 4 amide bonds. The molecule has 30 nitrogen and oxygen atoms in total. The first kappa shape index (κ1) is 87.7. The molecule has 0 radical (unpaired) electrons. The predicted octanol–water partition coefficient (Wildman–Crippen LogP) is 4.46. The van der Waals surface area contributed by atoms with E-state index >= 15 is 0 Å². The summed E-state index contributed by atoms with van der Waals surface area (Å²) in [4.78, 5) is 129. The Morgan fingerprint density at radius 3 is 1.38 bits per heavy atom. The number of benzene rings is 4. The quantitative estimate of drug-likeness (QED) is 0.0244. The van der Waals surface area contributed by atoms with Gasteiger partial charge in [0.1, 0.15) is 5.52 Å². The Bertz CT molecular complexity index is 3880. The number of aromatic amines is 1. The van der Waals surface area contributed by atoms with E-state index in [4.69, 9.17) is 48.3 Å². The normalized spacial score (nSPS) is 17.7. The summed E-state index contributed by atoms with van der Waals surface area (Å²) in [5.74, 6) is -2.51. The third-order valence-corrected chi connectivity index (χ3v) is 14.7. The monoisotopic (exact) mass is 1450 g/mol. The van der Waals surface area contributed by atoms with E-state index in [-0.39, 0.29) is 218 Å². The zero-order valence-corrected chi connectivity index (χ0v) is 64.9. The zero-order chi connectivity index (χ0) is 71.9. The molecule has 4 aromatic carbocycles. The van der Waals surface area contributed by atoms with Gasteiger partial charge in [-0.1, -0.05) is 149 Å². The fourth-order valence-corrected chi connectivity index (χ4v) is 10.3. The van der Waals surface area contributed by atoms with Crippen molar-refractivity contribution in [3.05, 3.63) is 134 Å². The van der Waals surface area contributed by atoms with Crippen molar-refractivity contribution in [1.29, 1.82) is 0 Å². The van der Waals surface area contributed by atoms with Crippen LogP contribution in [0.1, 0.15) is 105 Å². The summed E-state index contributed by atoms with van der Waals surface area (Å²) in [7, 11) is 1.00. The van der Waals surface area contributed by atoms with Crippen molar-refractivity contribution >= 4 is 105 Å². The number of nitrogens with zero attached hydrogens (tertiary/aromatic N) is 9. The summed E-state index contributed by atoms with van der Waals surface area (Å²) in [5.41, 5.74) is 3.40. The number of carbonyl (C=O) groups is 8. The number of aliphatic hydroxyl groups excluding tert-OH is 1. The number of hydrogen-bond donors (Lipinski definition) is 4. The van der Waals surface area contributed by atoms with Crippen LogP contribution in [0.25, 0.3) is 22.3 Å². The number of imidazole rings is 2. The van der Waals surface area contributed by atoms with Gasteiger partial charge in [0.15, 0.2) is 35.2 Å². The largest absolute Gasteiger partial charge is 1.00 e. The third kappa shape index (κ3) is 24.3. The first-order valence-electron chi connectivity index (χ1n) is 31.1. The summed E-state index contributed by atoms with van der Waals surface area (Å²) >= 11 is 0. The van der Waals surface area contributed by atoms with Crippen LogP contribution in [0.4, 0.5) is 44.2 Å². The maximum Gasteiger partial charge on any atom is 1.00 e. The van der Waals surface area contributed by atoms with Crippen LogP contribution in [0.2, 0.25) is 0 Å². The number of fused-ring (bicyclic) bond motifs is 2. The summed E-state index contributed by atoms with van der Waals surface area (Å²) in [6.45, 7) is 22.8. The summed E-state index contributed by atoms with van der Waals surface area (Å²) in [6.07, 6.45) is -1.56. The van der Waals surface area contributed by atoms with Gasteiger partial charge in [0.25, 0.3) is 18.2 Å². The molecule has 6 heterocycles. The molecule has 0 bridgehead atoms. The Morgan fingerprint density at radius 1 is 0.584 bits per heavy atom. The second kappa shape index (κ2) is 42.8. The van der Waals surface area contributed by atoms with Crippen LogP contribution < -0.4 is 138 Å². The van der Waals surface area contributed by atoms with Crippen molar-refractivity contribution in [2.45, 2.75) is 134 Å². The van der Waals surface area contributed by atoms with Crippen molar-refractivity contribution in [1.82, 2.24) is 39.5 Å². The fourth-order valence-electron chi connectivity index (χ4n) is 10.3. The number of aliphatic hydroxyl groups is 1. The molecule has 2 saturated heterocycles. The van der Waals surface area contributed by atoms with Crippen LogP contribution in [0.15, 0.2) is 134 Å². The third-order valence-electron chi connectivity index (χ3n) is 14.7. The average Bonchev–Trinajstić information content (AvgIpc) is 1.58. The number of H-pyrrole nitrogens is 1. The molecule has 2 fully saturated rings. The number of ether oxygens (including phenoxy) is 7. The van der Waals surface area contributed by atoms with Gasteiger partial charge < -0.3 is 54.8 Å². The average molecular weight is 1450 g/mol. The van der Waals surface area contributed by atoms with E-state index in [2.05, 4.69) is 50.4 Å². The van der Waals surface area contributed by atoms with Crippen molar-refractivity contribution in [3.63, 3.8) is 0 Å². The predicted molar refractivity (Wildman–Crippen MR) is 363 cm³/mol. The minimum atomic E-state index is -0.793. The molecule has 0 spiro atoms. The van der Waals surface area contributed by atoms with E-state index in [1.807, 2.05) is 114 Å². The molecule has 0 saturated carbocycles. The van der Waals surface area contributed by atoms with Gasteiger partial charge in [0.2, 0.25) is 30.0 Å². The molecule has 32 heteroatoms. The van der Waals surface area contributed by atoms with Crippen LogP contribution in [0, 0.1) is 35.5 Å². The molecule has 2 aliphatic heterocycles. The van der Waals surface area contributed by atoms with Crippen molar-refractivity contribution in [2.75, 3.05) is 27.5 Å². The Kier molecular flexibility index (Phi) is 37.1. The number of esters is 3. The topological polar surface area (TPSA) is 382 Å². The molecule has 2 aliphatic rings. The minimum absolute atomic E-state index is 0. The number of aromatic nitrogens is 8. The second-order valence-electron chi connectivity index (χ2n) is 23.3. The van der Waals surface area contributed by atoms with Gasteiger partial charge >= 0.3 is 133 Å². The molecule has 101 heavy (non-hydrogen) atoms. The van der Waals surface area contributed by atoms with Crippen molar-refractivity contribution < 1.29 is 191 Å². The smallest absolute Gasteiger partial charge is 1.00 e. The summed E-state index contributed by atoms with van der Waals surface area (Å²) in [6, 6.07) is 36.3. The number of para-hydroxylation sites is 4. The van der Waals surface area contributed by atoms with Gasteiger partial charge in [-0.2, -0.15) is 19.9 Å². The SMILES string of the molecule is C.CC(=O)OC1O[C@H](C(C)C)[C@H](C)C1OC(C)=O.CC(=O)OC1[C@@H](C)[C@@H](C(C)C)O[C@H]1n1cnc2c(OC(=O)N(c3ccccc3)c3ccccc3)nc(NC(=O)C(C)C)nc21.CC(C)C(=O)Nc1nc(OC(=O)N(c2ccccc2)c2ccccc2)c2[nH]cnc2n1.CO.O=CO[O-].[H-].[K+].[K+]. The summed E-state index contributed by atoms with van der Waals surface area (Å²) < 4.78 is 41.2. The van der Waals surface area contributed by atoms with Crippen molar-refractivity contribution in [2.24, 2.45) is 35.5 Å². The Morgan fingerprint density at radius 2 is 0.970 bits per heavy atom. The molecule has 4 N–H and O–H groups in total. The second-order valence-corrected chi connectivity index (χ2v) is 23.3. The van der Waals surface area contributed by atoms with Crippen molar-refractivity contribution in [3.8, 4) is 11.8 Å². The number of hydrogen-bond acceptors (Lipinski definition) is 24.